The molecule has 2 amide bonds. The van der Waals surface area contributed by atoms with E-state index in [0.29, 0.717) is 12.8 Å². The molecule has 0 radical (unpaired) electrons. The van der Waals surface area contributed by atoms with Crippen LogP contribution in [-0.4, -0.2) is 48.1 Å². The van der Waals surface area contributed by atoms with E-state index in [2.05, 4.69) is 5.32 Å². The van der Waals surface area contributed by atoms with Gasteiger partial charge in [-0.1, -0.05) is 13.8 Å². The second kappa shape index (κ2) is 4.88. The van der Waals surface area contributed by atoms with Gasteiger partial charge in [-0.25, -0.2) is 0 Å². The van der Waals surface area contributed by atoms with Gasteiger partial charge in [0.05, 0.1) is 12.6 Å². The van der Waals surface area contributed by atoms with E-state index in [0.717, 1.165) is 12.8 Å². The van der Waals surface area contributed by atoms with Crippen LogP contribution in [-0.2, 0) is 14.3 Å². The maximum Gasteiger partial charge on any atom is 0.249 e. The fourth-order valence-corrected chi connectivity index (χ4v) is 2.87. The van der Waals surface area contributed by atoms with Crippen molar-refractivity contribution in [3.8, 4) is 0 Å². The van der Waals surface area contributed by atoms with Crippen molar-refractivity contribution in [1.82, 2.24) is 10.2 Å². The minimum absolute atomic E-state index is 0.0424. The number of amides is 2. The summed E-state index contributed by atoms with van der Waals surface area (Å²) in [5.74, 6) is 0.0332. The van der Waals surface area contributed by atoms with Crippen molar-refractivity contribution in [2.75, 3.05) is 13.7 Å². The van der Waals surface area contributed by atoms with Crippen molar-refractivity contribution in [2.24, 2.45) is 0 Å². The van der Waals surface area contributed by atoms with E-state index in [-0.39, 0.29) is 30.5 Å². The fourth-order valence-electron chi connectivity index (χ4n) is 2.87. The summed E-state index contributed by atoms with van der Waals surface area (Å²) in [5.41, 5.74) is -0.687. The van der Waals surface area contributed by atoms with Crippen LogP contribution in [0, 0.1) is 0 Å². The maximum atomic E-state index is 12.6. The molecule has 18 heavy (non-hydrogen) atoms. The third-order valence-electron chi connectivity index (χ3n) is 4.41. The Kier molecular flexibility index (Phi) is 3.61. The van der Waals surface area contributed by atoms with E-state index in [4.69, 9.17) is 4.74 Å². The van der Waals surface area contributed by atoms with E-state index < -0.39 is 5.54 Å². The number of hydrogen-bond donors (Lipinski definition) is 1. The van der Waals surface area contributed by atoms with Gasteiger partial charge in [0.2, 0.25) is 11.8 Å². The van der Waals surface area contributed by atoms with Crippen LogP contribution in [0.3, 0.4) is 0 Å². The van der Waals surface area contributed by atoms with Gasteiger partial charge in [0.1, 0.15) is 5.54 Å². The number of carbonyl (C=O) groups excluding carboxylic acids is 2. The molecule has 0 aromatic carbocycles. The third-order valence-corrected chi connectivity index (χ3v) is 4.41. The number of piperazine rings is 1. The highest BCUT2D eigenvalue weighted by Crippen LogP contribution is 2.32. The van der Waals surface area contributed by atoms with Crippen LogP contribution in [0.1, 0.15) is 39.5 Å². The molecule has 0 unspecified atom stereocenters. The van der Waals surface area contributed by atoms with Crippen LogP contribution < -0.4 is 5.32 Å². The summed E-state index contributed by atoms with van der Waals surface area (Å²) in [5, 5.41) is 2.88. The monoisotopic (exact) mass is 254 g/mol. The van der Waals surface area contributed by atoms with Crippen LogP contribution in [0.2, 0.25) is 0 Å². The summed E-state index contributed by atoms with van der Waals surface area (Å²) < 4.78 is 5.24. The highest BCUT2D eigenvalue weighted by Gasteiger charge is 2.48. The van der Waals surface area contributed by atoms with E-state index in [1.54, 1.807) is 12.0 Å². The Bertz CT molecular complexity index is 346. The Morgan fingerprint density at radius 3 is 2.44 bits per heavy atom. The standard InChI is InChI=1S/C13H22N2O3/c1-4-13(5-2)12(17)15(8-11(16)14-13)9-6-10(7-9)18-3/h9-10H,4-8H2,1-3H3,(H,14,16). The number of ether oxygens (including phenoxy) is 1. The van der Waals surface area contributed by atoms with Crippen molar-refractivity contribution in [2.45, 2.75) is 57.2 Å². The zero-order chi connectivity index (χ0) is 13.3. The second-order valence-electron chi connectivity index (χ2n) is 5.25. The molecule has 0 aromatic heterocycles. The molecule has 1 aliphatic carbocycles. The third kappa shape index (κ3) is 2.00. The Labute approximate surface area is 108 Å². The number of rotatable bonds is 4. The van der Waals surface area contributed by atoms with Crippen molar-refractivity contribution in [3.05, 3.63) is 0 Å². The van der Waals surface area contributed by atoms with Crippen molar-refractivity contribution in [1.29, 1.82) is 0 Å². The van der Waals surface area contributed by atoms with Crippen LogP contribution in [0.25, 0.3) is 0 Å². The van der Waals surface area contributed by atoms with Gasteiger partial charge in [0.25, 0.3) is 0 Å². The molecule has 0 aromatic rings. The normalized spacial score (nSPS) is 30.9. The lowest BCUT2D eigenvalue weighted by atomic mass is 9.83. The largest absolute Gasteiger partial charge is 0.381 e. The second-order valence-corrected chi connectivity index (χ2v) is 5.25. The minimum atomic E-state index is -0.687. The quantitative estimate of drug-likeness (QED) is 0.802. The molecule has 1 heterocycles. The molecule has 0 spiro atoms. The number of carbonyl (C=O) groups is 2. The molecule has 1 saturated carbocycles. The first-order valence-corrected chi connectivity index (χ1v) is 6.71. The van der Waals surface area contributed by atoms with Gasteiger partial charge in [-0.15, -0.1) is 0 Å². The van der Waals surface area contributed by atoms with E-state index in [1.807, 2.05) is 13.8 Å². The molecule has 1 N–H and O–H groups in total. The number of hydrogen-bond acceptors (Lipinski definition) is 3. The smallest absolute Gasteiger partial charge is 0.249 e. The van der Waals surface area contributed by atoms with Gasteiger partial charge in [-0.2, -0.15) is 0 Å². The van der Waals surface area contributed by atoms with Crippen LogP contribution in [0.4, 0.5) is 0 Å². The average Bonchev–Trinajstić information content (AvgIpc) is 2.32. The molecule has 2 fully saturated rings. The first-order valence-electron chi connectivity index (χ1n) is 6.71. The first kappa shape index (κ1) is 13.3. The minimum Gasteiger partial charge on any atom is -0.381 e. The average molecular weight is 254 g/mol. The summed E-state index contributed by atoms with van der Waals surface area (Å²) in [6.07, 6.45) is 3.22. The molecule has 1 aliphatic heterocycles. The zero-order valence-corrected chi connectivity index (χ0v) is 11.4. The van der Waals surface area contributed by atoms with E-state index in [1.165, 1.54) is 0 Å². The Morgan fingerprint density at radius 2 is 1.94 bits per heavy atom. The molecular formula is C13H22N2O3. The van der Waals surface area contributed by atoms with E-state index >= 15 is 0 Å². The molecule has 2 aliphatic rings. The van der Waals surface area contributed by atoms with Crippen molar-refractivity contribution in [3.63, 3.8) is 0 Å². The summed E-state index contributed by atoms with van der Waals surface area (Å²) in [7, 11) is 1.69. The van der Waals surface area contributed by atoms with Crippen LogP contribution in [0.5, 0.6) is 0 Å². The Morgan fingerprint density at radius 1 is 1.33 bits per heavy atom. The van der Waals surface area contributed by atoms with Gasteiger partial charge < -0.3 is 15.0 Å². The number of nitrogens with zero attached hydrogens (tertiary/aromatic N) is 1. The van der Waals surface area contributed by atoms with Crippen LogP contribution in [0.15, 0.2) is 0 Å². The molecule has 2 rings (SSSR count). The van der Waals surface area contributed by atoms with E-state index in [9.17, 15) is 9.59 Å². The van der Waals surface area contributed by atoms with Gasteiger partial charge in [-0.05, 0) is 25.7 Å². The predicted octanol–water partition coefficient (Wildman–Crippen LogP) is 0.681. The van der Waals surface area contributed by atoms with Gasteiger partial charge in [-0.3, -0.25) is 9.59 Å². The molecule has 102 valence electrons. The van der Waals surface area contributed by atoms with Crippen LogP contribution >= 0.6 is 0 Å². The maximum absolute atomic E-state index is 12.6. The lowest BCUT2D eigenvalue weighted by Crippen LogP contribution is -2.69. The molecule has 5 nitrogen and oxygen atoms in total. The topological polar surface area (TPSA) is 58.6 Å². The molecule has 0 atom stereocenters. The first-order chi connectivity index (χ1) is 8.56. The molecule has 0 bridgehead atoms. The highest BCUT2D eigenvalue weighted by atomic mass is 16.5. The molecule has 1 saturated heterocycles. The summed E-state index contributed by atoms with van der Waals surface area (Å²) in [6.45, 7) is 4.09. The summed E-state index contributed by atoms with van der Waals surface area (Å²) in [6, 6.07) is 0.172. The SMILES string of the molecule is CCC1(CC)NC(=O)CN(C2CC(OC)C2)C1=O. The molecule has 5 heteroatoms. The highest BCUT2D eigenvalue weighted by molar-refractivity contribution is 5.98. The fraction of sp³-hybridized carbons (Fsp3) is 0.846. The number of methoxy groups -OCH3 is 1. The summed E-state index contributed by atoms with van der Waals surface area (Å²) in [4.78, 5) is 26.1. The lowest BCUT2D eigenvalue weighted by Gasteiger charge is -2.48. The number of nitrogens with one attached hydrogen (secondary N) is 1. The lowest BCUT2D eigenvalue weighted by molar-refractivity contribution is -0.157. The van der Waals surface area contributed by atoms with Gasteiger partial charge in [0, 0.05) is 13.2 Å². The Hall–Kier alpha value is -1.10. The van der Waals surface area contributed by atoms with Crippen molar-refractivity contribution >= 4 is 11.8 Å². The van der Waals surface area contributed by atoms with Crippen molar-refractivity contribution < 1.29 is 14.3 Å². The van der Waals surface area contributed by atoms with Gasteiger partial charge >= 0.3 is 0 Å². The predicted molar refractivity (Wildman–Crippen MR) is 67.0 cm³/mol. The Balaban J connectivity index is 2.11. The van der Waals surface area contributed by atoms with Gasteiger partial charge in [0.15, 0.2) is 0 Å². The molecular weight excluding hydrogens is 232 g/mol. The summed E-state index contributed by atoms with van der Waals surface area (Å²) >= 11 is 0. The zero-order valence-electron chi connectivity index (χ0n) is 11.4.